The van der Waals surface area contributed by atoms with Gasteiger partial charge < -0.3 is 0 Å². The number of thiophene rings is 1. The minimum atomic E-state index is 1.33. The zero-order valence-electron chi connectivity index (χ0n) is 11.2. The SMILES string of the molecule is Cc1ccccc1-c1ccc(-c2ccccc2C)s1. The van der Waals surface area contributed by atoms with Crippen LogP contribution in [0.5, 0.6) is 0 Å². The van der Waals surface area contributed by atoms with Gasteiger partial charge in [0.05, 0.1) is 0 Å². The van der Waals surface area contributed by atoms with Crippen molar-refractivity contribution < 1.29 is 0 Å². The Kier molecular flexibility index (Phi) is 3.22. The molecule has 0 radical (unpaired) electrons. The third kappa shape index (κ3) is 2.34. The molecule has 0 saturated heterocycles. The molecule has 0 fully saturated rings. The molecular formula is C18H16S. The molecule has 0 saturated carbocycles. The van der Waals surface area contributed by atoms with E-state index in [9.17, 15) is 0 Å². The van der Waals surface area contributed by atoms with Crippen molar-refractivity contribution in [3.63, 3.8) is 0 Å². The first-order valence-corrected chi connectivity index (χ1v) is 7.29. The number of benzene rings is 2. The van der Waals surface area contributed by atoms with Crippen LogP contribution in [0.1, 0.15) is 11.1 Å². The van der Waals surface area contributed by atoms with Crippen molar-refractivity contribution in [2.24, 2.45) is 0 Å². The summed E-state index contributed by atoms with van der Waals surface area (Å²) in [6, 6.07) is 21.6. The molecule has 3 aromatic rings. The lowest BCUT2D eigenvalue weighted by molar-refractivity contribution is 1.48. The molecule has 0 aliphatic heterocycles. The normalized spacial score (nSPS) is 10.6. The Morgan fingerprint density at radius 1 is 0.579 bits per heavy atom. The summed E-state index contributed by atoms with van der Waals surface area (Å²) < 4.78 is 0. The van der Waals surface area contributed by atoms with Gasteiger partial charge in [0.2, 0.25) is 0 Å². The van der Waals surface area contributed by atoms with Gasteiger partial charge in [-0.1, -0.05) is 48.5 Å². The Morgan fingerprint density at radius 2 is 1.00 bits per heavy atom. The number of hydrogen-bond donors (Lipinski definition) is 0. The van der Waals surface area contributed by atoms with E-state index >= 15 is 0 Å². The molecule has 1 aromatic heterocycles. The molecule has 0 aliphatic carbocycles. The van der Waals surface area contributed by atoms with Gasteiger partial charge in [0.15, 0.2) is 0 Å². The van der Waals surface area contributed by atoms with Gasteiger partial charge in [-0.2, -0.15) is 0 Å². The van der Waals surface area contributed by atoms with Crippen molar-refractivity contribution in [3.8, 4) is 20.9 Å². The van der Waals surface area contributed by atoms with Crippen LogP contribution in [0, 0.1) is 13.8 Å². The number of rotatable bonds is 2. The van der Waals surface area contributed by atoms with Gasteiger partial charge >= 0.3 is 0 Å². The summed E-state index contributed by atoms with van der Waals surface area (Å²) in [6.45, 7) is 4.34. The van der Waals surface area contributed by atoms with Crippen LogP contribution in [0.3, 0.4) is 0 Å². The number of aryl methyl sites for hydroxylation is 2. The van der Waals surface area contributed by atoms with E-state index in [1.165, 1.54) is 32.0 Å². The highest BCUT2D eigenvalue weighted by Gasteiger charge is 2.07. The van der Waals surface area contributed by atoms with Crippen molar-refractivity contribution in [2.45, 2.75) is 13.8 Å². The fraction of sp³-hybridized carbons (Fsp3) is 0.111. The van der Waals surface area contributed by atoms with E-state index in [2.05, 4.69) is 74.5 Å². The summed E-state index contributed by atoms with van der Waals surface area (Å²) in [5, 5.41) is 0. The molecule has 0 amide bonds. The van der Waals surface area contributed by atoms with Crippen LogP contribution in [0.2, 0.25) is 0 Å². The maximum atomic E-state index is 2.23. The highest BCUT2D eigenvalue weighted by atomic mass is 32.1. The first-order chi connectivity index (χ1) is 9.25. The lowest BCUT2D eigenvalue weighted by atomic mass is 10.1. The van der Waals surface area contributed by atoms with E-state index in [1.54, 1.807) is 0 Å². The monoisotopic (exact) mass is 264 g/mol. The van der Waals surface area contributed by atoms with E-state index in [1.807, 2.05) is 11.3 Å². The van der Waals surface area contributed by atoms with Gasteiger partial charge in [0, 0.05) is 9.75 Å². The smallest absolute Gasteiger partial charge is 0.0352 e. The topological polar surface area (TPSA) is 0 Å². The summed E-state index contributed by atoms with van der Waals surface area (Å²) in [5.74, 6) is 0. The lowest BCUT2D eigenvalue weighted by Crippen LogP contribution is -1.78. The summed E-state index contributed by atoms with van der Waals surface area (Å²) in [4.78, 5) is 2.69. The Balaban J connectivity index is 2.06. The lowest BCUT2D eigenvalue weighted by Gasteiger charge is -2.03. The first-order valence-electron chi connectivity index (χ1n) is 6.47. The van der Waals surface area contributed by atoms with E-state index in [-0.39, 0.29) is 0 Å². The molecule has 1 heterocycles. The molecule has 0 bridgehead atoms. The third-order valence-corrected chi connectivity index (χ3v) is 4.58. The summed E-state index contributed by atoms with van der Waals surface area (Å²) in [5.41, 5.74) is 5.35. The zero-order chi connectivity index (χ0) is 13.2. The van der Waals surface area contributed by atoms with Crippen LogP contribution in [0.15, 0.2) is 60.7 Å². The first kappa shape index (κ1) is 12.2. The van der Waals surface area contributed by atoms with Gasteiger partial charge in [-0.3, -0.25) is 0 Å². The molecule has 0 unspecified atom stereocenters. The van der Waals surface area contributed by atoms with Gasteiger partial charge in [-0.05, 0) is 48.2 Å². The molecule has 0 spiro atoms. The molecule has 0 atom stereocenters. The predicted molar refractivity (Wildman–Crippen MR) is 84.7 cm³/mol. The zero-order valence-corrected chi connectivity index (χ0v) is 12.0. The Bertz CT molecular complexity index is 647. The Labute approximate surface area is 118 Å². The van der Waals surface area contributed by atoms with Crippen molar-refractivity contribution in [1.82, 2.24) is 0 Å². The van der Waals surface area contributed by atoms with E-state index in [0.29, 0.717) is 0 Å². The fourth-order valence-corrected chi connectivity index (χ4v) is 3.51. The maximum Gasteiger partial charge on any atom is 0.0352 e. The van der Waals surface area contributed by atoms with E-state index in [4.69, 9.17) is 0 Å². The Morgan fingerprint density at radius 3 is 1.42 bits per heavy atom. The van der Waals surface area contributed by atoms with Gasteiger partial charge in [-0.25, -0.2) is 0 Å². The van der Waals surface area contributed by atoms with Crippen LogP contribution in [0.25, 0.3) is 20.9 Å². The standard InChI is InChI=1S/C18H16S/c1-13-7-3-5-9-15(13)17-11-12-18(19-17)16-10-6-4-8-14(16)2/h3-12H,1-2H3. The molecule has 1 heteroatoms. The van der Waals surface area contributed by atoms with Crippen molar-refractivity contribution in [2.75, 3.05) is 0 Å². The van der Waals surface area contributed by atoms with Crippen molar-refractivity contribution in [1.29, 1.82) is 0 Å². The molecule has 2 aromatic carbocycles. The minimum Gasteiger partial charge on any atom is -0.135 e. The highest BCUT2D eigenvalue weighted by Crippen LogP contribution is 2.36. The molecule has 0 aliphatic rings. The molecule has 94 valence electrons. The van der Waals surface area contributed by atoms with Crippen molar-refractivity contribution in [3.05, 3.63) is 71.8 Å². The average Bonchev–Trinajstić information content (AvgIpc) is 2.89. The second-order valence-electron chi connectivity index (χ2n) is 4.79. The van der Waals surface area contributed by atoms with Crippen LogP contribution < -0.4 is 0 Å². The number of hydrogen-bond acceptors (Lipinski definition) is 1. The van der Waals surface area contributed by atoms with E-state index < -0.39 is 0 Å². The fourth-order valence-electron chi connectivity index (χ4n) is 2.33. The quantitative estimate of drug-likeness (QED) is 0.557. The molecular weight excluding hydrogens is 248 g/mol. The maximum absolute atomic E-state index is 2.23. The molecule has 0 nitrogen and oxygen atoms in total. The summed E-state index contributed by atoms with van der Waals surface area (Å²) in [7, 11) is 0. The molecule has 19 heavy (non-hydrogen) atoms. The highest BCUT2D eigenvalue weighted by molar-refractivity contribution is 7.18. The predicted octanol–water partition coefficient (Wildman–Crippen LogP) is 5.70. The Hall–Kier alpha value is -1.86. The van der Waals surface area contributed by atoms with Crippen LogP contribution >= 0.6 is 11.3 Å². The second-order valence-corrected chi connectivity index (χ2v) is 5.88. The summed E-state index contributed by atoms with van der Waals surface area (Å²) >= 11 is 1.87. The second kappa shape index (κ2) is 5.02. The minimum absolute atomic E-state index is 1.33. The average molecular weight is 264 g/mol. The molecule has 3 rings (SSSR count). The largest absolute Gasteiger partial charge is 0.135 e. The van der Waals surface area contributed by atoms with E-state index in [0.717, 1.165) is 0 Å². The van der Waals surface area contributed by atoms with Gasteiger partial charge in [0.25, 0.3) is 0 Å². The van der Waals surface area contributed by atoms with Gasteiger partial charge in [-0.15, -0.1) is 11.3 Å². The summed E-state index contributed by atoms with van der Waals surface area (Å²) in [6.07, 6.45) is 0. The third-order valence-electron chi connectivity index (χ3n) is 3.43. The van der Waals surface area contributed by atoms with Gasteiger partial charge in [0.1, 0.15) is 0 Å². The molecule has 0 N–H and O–H groups in total. The van der Waals surface area contributed by atoms with Crippen LogP contribution in [-0.2, 0) is 0 Å². The van der Waals surface area contributed by atoms with Crippen molar-refractivity contribution >= 4 is 11.3 Å². The van der Waals surface area contributed by atoms with Crippen LogP contribution in [0.4, 0.5) is 0 Å². The van der Waals surface area contributed by atoms with Crippen LogP contribution in [-0.4, -0.2) is 0 Å².